The molecule has 2 N–H and O–H groups in total. The maximum absolute atomic E-state index is 12.1. The minimum atomic E-state index is -0.360. The van der Waals surface area contributed by atoms with E-state index in [9.17, 15) is 14.4 Å². The Balaban J connectivity index is 1.38. The number of amides is 3. The van der Waals surface area contributed by atoms with Crippen molar-refractivity contribution in [3.8, 4) is 11.5 Å². The van der Waals surface area contributed by atoms with Crippen molar-refractivity contribution in [2.24, 2.45) is 0 Å². The lowest BCUT2D eigenvalue weighted by molar-refractivity contribution is -0.131. The Bertz CT molecular complexity index is 691. The van der Waals surface area contributed by atoms with Crippen molar-refractivity contribution >= 4 is 17.7 Å². The molecule has 8 nitrogen and oxygen atoms in total. The molecular weight excluding hydrogens is 338 g/mol. The highest BCUT2D eigenvalue weighted by Gasteiger charge is 2.18. The second-order valence-corrected chi connectivity index (χ2v) is 6.29. The van der Waals surface area contributed by atoms with Gasteiger partial charge in [0.1, 0.15) is 0 Å². The maximum Gasteiger partial charge on any atom is 0.251 e. The van der Waals surface area contributed by atoms with E-state index in [1.54, 1.807) is 23.1 Å². The van der Waals surface area contributed by atoms with Crippen LogP contribution in [0.2, 0.25) is 0 Å². The van der Waals surface area contributed by atoms with E-state index in [0.717, 1.165) is 25.8 Å². The van der Waals surface area contributed by atoms with Crippen molar-refractivity contribution in [3.05, 3.63) is 23.8 Å². The normalized spacial score (nSPS) is 16.2. The number of fused-ring (bicyclic) bond motifs is 1. The van der Waals surface area contributed by atoms with Gasteiger partial charge in [-0.1, -0.05) is 6.42 Å². The van der Waals surface area contributed by atoms with Gasteiger partial charge in [-0.2, -0.15) is 0 Å². The molecule has 8 heteroatoms. The summed E-state index contributed by atoms with van der Waals surface area (Å²) in [6.45, 7) is 1.64. The van der Waals surface area contributed by atoms with Gasteiger partial charge in [-0.15, -0.1) is 0 Å². The summed E-state index contributed by atoms with van der Waals surface area (Å²) in [6.07, 6.45) is 3.60. The van der Waals surface area contributed by atoms with Crippen LogP contribution in [0.3, 0.4) is 0 Å². The summed E-state index contributed by atoms with van der Waals surface area (Å²) in [5, 5.41) is 5.30. The number of likely N-dealkylation sites (tertiary alicyclic amines) is 1. The zero-order valence-electron chi connectivity index (χ0n) is 14.6. The van der Waals surface area contributed by atoms with Crippen LogP contribution >= 0.6 is 0 Å². The van der Waals surface area contributed by atoms with Crippen LogP contribution in [0.4, 0.5) is 0 Å². The lowest BCUT2D eigenvalue weighted by Gasteiger charge is -2.20. The monoisotopic (exact) mass is 361 g/mol. The van der Waals surface area contributed by atoms with E-state index in [2.05, 4.69) is 10.6 Å². The third-order valence-corrected chi connectivity index (χ3v) is 4.42. The molecule has 0 aliphatic carbocycles. The standard InChI is InChI=1S/C18H23N3O5/c22-16(19-7-9-21-8-3-1-2-4-17(21)23)11-20-18(24)13-5-6-14-15(10-13)26-12-25-14/h5-6,10H,1-4,7-9,11-12H2,(H,19,22)(H,20,24). The molecule has 1 aromatic carbocycles. The molecule has 0 radical (unpaired) electrons. The Morgan fingerprint density at radius 2 is 1.92 bits per heavy atom. The van der Waals surface area contributed by atoms with E-state index >= 15 is 0 Å². The first-order chi connectivity index (χ1) is 12.6. The molecule has 3 rings (SSSR count). The van der Waals surface area contributed by atoms with Crippen molar-refractivity contribution in [2.45, 2.75) is 25.7 Å². The molecule has 140 valence electrons. The highest BCUT2D eigenvalue weighted by molar-refractivity contribution is 5.97. The minimum Gasteiger partial charge on any atom is -0.454 e. The van der Waals surface area contributed by atoms with Crippen LogP contribution in [-0.4, -0.2) is 55.6 Å². The molecule has 0 unspecified atom stereocenters. The van der Waals surface area contributed by atoms with Crippen molar-refractivity contribution < 1.29 is 23.9 Å². The number of nitrogens with one attached hydrogen (secondary N) is 2. The van der Waals surface area contributed by atoms with Gasteiger partial charge in [0, 0.05) is 31.6 Å². The van der Waals surface area contributed by atoms with E-state index in [1.807, 2.05) is 0 Å². The van der Waals surface area contributed by atoms with Gasteiger partial charge in [-0.25, -0.2) is 0 Å². The first kappa shape index (κ1) is 18.0. The number of ether oxygens (including phenoxy) is 2. The van der Waals surface area contributed by atoms with Crippen LogP contribution in [0, 0.1) is 0 Å². The Labute approximate surface area is 151 Å². The Morgan fingerprint density at radius 1 is 1.08 bits per heavy atom. The highest BCUT2D eigenvalue weighted by Crippen LogP contribution is 2.32. The Kier molecular flexibility index (Phi) is 5.93. The summed E-state index contributed by atoms with van der Waals surface area (Å²) in [6, 6.07) is 4.86. The van der Waals surface area contributed by atoms with Crippen LogP contribution in [0.25, 0.3) is 0 Å². The van der Waals surface area contributed by atoms with Crippen LogP contribution in [0.15, 0.2) is 18.2 Å². The number of carbonyl (C=O) groups is 3. The number of hydrogen-bond donors (Lipinski definition) is 2. The molecule has 26 heavy (non-hydrogen) atoms. The van der Waals surface area contributed by atoms with Gasteiger partial charge in [-0.05, 0) is 31.0 Å². The number of benzene rings is 1. The van der Waals surface area contributed by atoms with Gasteiger partial charge in [0.2, 0.25) is 18.6 Å². The minimum absolute atomic E-state index is 0.124. The fourth-order valence-corrected chi connectivity index (χ4v) is 2.97. The van der Waals surface area contributed by atoms with Gasteiger partial charge in [0.25, 0.3) is 5.91 Å². The third-order valence-electron chi connectivity index (χ3n) is 4.42. The molecule has 0 saturated carbocycles. The van der Waals surface area contributed by atoms with Crippen molar-refractivity contribution in [2.75, 3.05) is 33.0 Å². The molecule has 3 amide bonds. The van der Waals surface area contributed by atoms with Gasteiger partial charge in [-0.3, -0.25) is 14.4 Å². The lowest BCUT2D eigenvalue weighted by Crippen LogP contribution is -2.42. The third kappa shape index (κ3) is 4.65. The zero-order valence-corrected chi connectivity index (χ0v) is 14.6. The van der Waals surface area contributed by atoms with E-state index in [-0.39, 0.29) is 31.1 Å². The largest absolute Gasteiger partial charge is 0.454 e. The maximum atomic E-state index is 12.1. The summed E-state index contributed by atoms with van der Waals surface area (Å²) < 4.78 is 10.4. The highest BCUT2D eigenvalue weighted by atomic mass is 16.7. The van der Waals surface area contributed by atoms with Crippen molar-refractivity contribution in [1.82, 2.24) is 15.5 Å². The quantitative estimate of drug-likeness (QED) is 0.776. The average molecular weight is 361 g/mol. The van der Waals surface area contributed by atoms with E-state index < -0.39 is 0 Å². The molecule has 1 saturated heterocycles. The average Bonchev–Trinajstić information content (AvgIpc) is 3.02. The summed E-state index contributed by atoms with van der Waals surface area (Å²) in [5.74, 6) is 0.613. The first-order valence-corrected chi connectivity index (χ1v) is 8.86. The molecule has 0 aromatic heterocycles. The summed E-state index contributed by atoms with van der Waals surface area (Å²) in [7, 11) is 0. The predicted molar refractivity (Wildman–Crippen MR) is 93.0 cm³/mol. The Hall–Kier alpha value is -2.77. The van der Waals surface area contributed by atoms with Gasteiger partial charge in [0.15, 0.2) is 11.5 Å². The van der Waals surface area contributed by atoms with E-state index in [1.165, 1.54) is 0 Å². The van der Waals surface area contributed by atoms with Crippen LogP contribution < -0.4 is 20.1 Å². The van der Waals surface area contributed by atoms with Gasteiger partial charge in [0.05, 0.1) is 6.54 Å². The number of nitrogens with zero attached hydrogens (tertiary/aromatic N) is 1. The second-order valence-electron chi connectivity index (χ2n) is 6.29. The topological polar surface area (TPSA) is 97.0 Å². The number of carbonyl (C=O) groups excluding carboxylic acids is 3. The molecule has 2 heterocycles. The molecule has 2 aliphatic rings. The SMILES string of the molecule is O=C(CNC(=O)c1ccc2c(c1)OCO2)NCCN1CCCCCC1=O. The number of rotatable bonds is 6. The molecule has 0 atom stereocenters. The molecule has 1 fully saturated rings. The van der Waals surface area contributed by atoms with Crippen molar-refractivity contribution in [1.29, 1.82) is 0 Å². The fourth-order valence-electron chi connectivity index (χ4n) is 2.97. The zero-order chi connectivity index (χ0) is 18.4. The van der Waals surface area contributed by atoms with Gasteiger partial charge < -0.3 is 25.0 Å². The first-order valence-electron chi connectivity index (χ1n) is 8.86. The Morgan fingerprint density at radius 3 is 2.81 bits per heavy atom. The van der Waals surface area contributed by atoms with Crippen LogP contribution in [-0.2, 0) is 9.59 Å². The fraction of sp³-hybridized carbons (Fsp3) is 0.500. The molecule has 1 aromatic rings. The molecule has 2 aliphatic heterocycles. The number of hydrogen-bond acceptors (Lipinski definition) is 5. The molecule has 0 bridgehead atoms. The summed E-state index contributed by atoms with van der Waals surface area (Å²) >= 11 is 0. The van der Waals surface area contributed by atoms with Crippen molar-refractivity contribution in [3.63, 3.8) is 0 Å². The van der Waals surface area contributed by atoms with E-state index in [4.69, 9.17) is 9.47 Å². The van der Waals surface area contributed by atoms with Crippen LogP contribution in [0.1, 0.15) is 36.0 Å². The summed E-state index contributed by atoms with van der Waals surface area (Å²) in [5.41, 5.74) is 0.400. The molecular formula is C18H23N3O5. The molecule has 0 spiro atoms. The van der Waals surface area contributed by atoms with Crippen LogP contribution in [0.5, 0.6) is 11.5 Å². The van der Waals surface area contributed by atoms with Gasteiger partial charge >= 0.3 is 0 Å². The predicted octanol–water partition coefficient (Wildman–Crippen LogP) is 0.664. The lowest BCUT2D eigenvalue weighted by atomic mass is 10.2. The smallest absolute Gasteiger partial charge is 0.251 e. The summed E-state index contributed by atoms with van der Waals surface area (Å²) in [4.78, 5) is 37.7. The van der Waals surface area contributed by atoms with E-state index in [0.29, 0.717) is 36.6 Å². The second kappa shape index (κ2) is 8.55.